The summed E-state index contributed by atoms with van der Waals surface area (Å²) in [5.41, 5.74) is 2.67. The molecule has 1 unspecified atom stereocenters. The van der Waals surface area contributed by atoms with Crippen LogP contribution in [0.4, 0.5) is 0 Å². The fourth-order valence-corrected chi connectivity index (χ4v) is 2.82. The number of hydrogen-bond acceptors (Lipinski definition) is 4. The van der Waals surface area contributed by atoms with Gasteiger partial charge >= 0.3 is 0 Å². The lowest BCUT2D eigenvalue weighted by atomic mass is 10.2. The minimum atomic E-state index is -0.595. The number of rotatable bonds is 5. The summed E-state index contributed by atoms with van der Waals surface area (Å²) in [5, 5.41) is 14.1. The molecule has 6 nitrogen and oxygen atoms in total. The average Bonchev–Trinajstić information content (AvgIpc) is 2.88. The van der Waals surface area contributed by atoms with Gasteiger partial charge in [0.1, 0.15) is 6.61 Å². The Hall–Kier alpha value is -2.18. The number of aryl methyl sites for hydroxylation is 1. The van der Waals surface area contributed by atoms with Gasteiger partial charge in [-0.1, -0.05) is 30.3 Å². The molecule has 0 spiro atoms. The normalized spacial score (nSPS) is 15.7. The van der Waals surface area contributed by atoms with Crippen LogP contribution >= 0.6 is 0 Å². The number of hydrogen-bond donors (Lipinski definition) is 1. The summed E-state index contributed by atoms with van der Waals surface area (Å²) in [6.07, 6.45) is 0.251. The Morgan fingerprint density at radius 3 is 2.88 bits per heavy atom. The molecule has 24 heavy (non-hydrogen) atoms. The largest absolute Gasteiger partial charge is 0.387 e. The summed E-state index contributed by atoms with van der Waals surface area (Å²) in [6, 6.07) is 11.7. The number of aromatic nitrogens is 2. The van der Waals surface area contributed by atoms with Gasteiger partial charge < -0.3 is 14.7 Å². The molecule has 2 heterocycles. The second-order valence-corrected chi connectivity index (χ2v) is 6.11. The van der Waals surface area contributed by atoms with Gasteiger partial charge in [-0.2, -0.15) is 5.10 Å². The lowest BCUT2D eigenvalue weighted by Crippen LogP contribution is -2.33. The Balaban J connectivity index is 1.56. The fraction of sp³-hybridized carbons (Fsp3) is 0.444. The Kier molecular flexibility index (Phi) is 5.27. The van der Waals surface area contributed by atoms with Crippen molar-refractivity contribution in [2.75, 3.05) is 13.2 Å². The molecular formula is C18H23N3O3. The summed E-state index contributed by atoms with van der Waals surface area (Å²) in [6.45, 7) is 4.17. The van der Waals surface area contributed by atoms with Crippen LogP contribution in [-0.4, -0.2) is 38.8 Å². The highest BCUT2D eigenvalue weighted by atomic mass is 16.5. The molecule has 0 fully saturated rings. The third kappa shape index (κ3) is 4.01. The van der Waals surface area contributed by atoms with E-state index >= 15 is 0 Å². The molecule has 1 aromatic heterocycles. The van der Waals surface area contributed by atoms with E-state index in [1.165, 1.54) is 0 Å². The molecular weight excluding hydrogens is 306 g/mol. The number of aliphatic hydroxyl groups excluding tert-OH is 1. The van der Waals surface area contributed by atoms with E-state index in [1.54, 1.807) is 11.8 Å². The van der Waals surface area contributed by atoms with Crippen molar-refractivity contribution in [3.05, 3.63) is 53.3 Å². The van der Waals surface area contributed by atoms with E-state index in [2.05, 4.69) is 5.10 Å². The van der Waals surface area contributed by atoms with Crippen molar-refractivity contribution in [3.8, 4) is 0 Å². The summed E-state index contributed by atoms with van der Waals surface area (Å²) >= 11 is 0. The summed E-state index contributed by atoms with van der Waals surface area (Å²) in [5.74, 6) is -0.0146. The van der Waals surface area contributed by atoms with E-state index in [0.717, 1.165) is 24.2 Å². The predicted octanol–water partition coefficient (Wildman–Crippen LogP) is 1.89. The zero-order valence-corrected chi connectivity index (χ0v) is 13.9. The number of benzene rings is 1. The van der Waals surface area contributed by atoms with Gasteiger partial charge in [0.05, 0.1) is 30.6 Å². The van der Waals surface area contributed by atoms with Crippen LogP contribution in [0.15, 0.2) is 36.4 Å². The summed E-state index contributed by atoms with van der Waals surface area (Å²) < 4.78 is 7.44. The highest BCUT2D eigenvalue weighted by Gasteiger charge is 2.21. The van der Waals surface area contributed by atoms with Gasteiger partial charge in [-0.3, -0.25) is 9.48 Å². The van der Waals surface area contributed by atoms with Gasteiger partial charge in [0.15, 0.2) is 0 Å². The maximum absolute atomic E-state index is 12.4. The van der Waals surface area contributed by atoms with Crippen LogP contribution < -0.4 is 0 Å². The van der Waals surface area contributed by atoms with Crippen LogP contribution in [-0.2, 0) is 29.2 Å². The first-order valence-electron chi connectivity index (χ1n) is 8.27. The molecule has 1 aliphatic heterocycles. The molecule has 0 saturated carbocycles. The van der Waals surface area contributed by atoms with Crippen molar-refractivity contribution in [1.29, 1.82) is 0 Å². The number of aliphatic hydroxyl groups is 1. The highest BCUT2D eigenvalue weighted by Crippen LogP contribution is 2.18. The van der Waals surface area contributed by atoms with Crippen molar-refractivity contribution >= 4 is 5.91 Å². The molecule has 1 aliphatic rings. The minimum absolute atomic E-state index is 0.0146. The monoisotopic (exact) mass is 329 g/mol. The molecule has 1 N–H and O–H groups in total. The number of carbonyl (C=O) groups is 1. The second kappa shape index (κ2) is 7.59. The zero-order chi connectivity index (χ0) is 16.9. The van der Waals surface area contributed by atoms with Crippen molar-refractivity contribution in [2.45, 2.75) is 39.1 Å². The number of nitrogens with zero attached hydrogens (tertiary/aromatic N) is 3. The van der Waals surface area contributed by atoms with Gasteiger partial charge in [-0.05, 0) is 25.0 Å². The van der Waals surface area contributed by atoms with Crippen LogP contribution in [0, 0.1) is 0 Å². The standard InChI is InChI=1S/C18H23N3O3/c1-14(22)17-10-16-11-20(8-5-9-21(16)19-17)18(23)13-24-12-15-6-3-2-4-7-15/h2-4,6-7,10,14,22H,5,8-9,11-13H2,1H3. The van der Waals surface area contributed by atoms with E-state index in [0.29, 0.717) is 25.4 Å². The lowest BCUT2D eigenvalue weighted by molar-refractivity contribution is -0.137. The SMILES string of the molecule is CC(O)c1cc2n(n1)CCCN(C(=O)COCc1ccccc1)C2. The molecule has 6 heteroatoms. The van der Waals surface area contributed by atoms with E-state index in [1.807, 2.05) is 41.1 Å². The Labute approximate surface area is 141 Å². The van der Waals surface area contributed by atoms with Crippen molar-refractivity contribution < 1.29 is 14.6 Å². The van der Waals surface area contributed by atoms with Crippen LogP contribution in [0.1, 0.15) is 36.4 Å². The molecule has 1 atom stereocenters. The van der Waals surface area contributed by atoms with E-state index in [9.17, 15) is 9.90 Å². The van der Waals surface area contributed by atoms with Crippen molar-refractivity contribution in [1.82, 2.24) is 14.7 Å². The maximum Gasteiger partial charge on any atom is 0.248 e. The van der Waals surface area contributed by atoms with Gasteiger partial charge in [0, 0.05) is 13.1 Å². The van der Waals surface area contributed by atoms with Crippen LogP contribution in [0.25, 0.3) is 0 Å². The summed E-state index contributed by atoms with van der Waals surface area (Å²) in [4.78, 5) is 14.2. The molecule has 0 bridgehead atoms. The van der Waals surface area contributed by atoms with Crippen molar-refractivity contribution in [2.24, 2.45) is 0 Å². The van der Waals surface area contributed by atoms with Crippen LogP contribution in [0.5, 0.6) is 0 Å². The average molecular weight is 329 g/mol. The Morgan fingerprint density at radius 1 is 1.33 bits per heavy atom. The maximum atomic E-state index is 12.4. The minimum Gasteiger partial charge on any atom is -0.387 e. The highest BCUT2D eigenvalue weighted by molar-refractivity contribution is 5.77. The number of fused-ring (bicyclic) bond motifs is 1. The van der Waals surface area contributed by atoms with E-state index in [4.69, 9.17) is 4.74 Å². The Bertz CT molecular complexity index is 682. The molecule has 0 radical (unpaired) electrons. The molecule has 3 rings (SSSR count). The van der Waals surface area contributed by atoms with Gasteiger partial charge in [0.2, 0.25) is 5.91 Å². The topological polar surface area (TPSA) is 67.6 Å². The van der Waals surface area contributed by atoms with Gasteiger partial charge in [-0.25, -0.2) is 0 Å². The van der Waals surface area contributed by atoms with E-state index in [-0.39, 0.29) is 12.5 Å². The molecule has 2 aromatic rings. The molecule has 0 saturated heterocycles. The van der Waals surface area contributed by atoms with E-state index < -0.39 is 6.10 Å². The Morgan fingerprint density at radius 2 is 2.12 bits per heavy atom. The molecule has 128 valence electrons. The lowest BCUT2D eigenvalue weighted by Gasteiger charge is -2.20. The van der Waals surface area contributed by atoms with Crippen LogP contribution in [0.2, 0.25) is 0 Å². The quantitative estimate of drug-likeness (QED) is 0.909. The smallest absolute Gasteiger partial charge is 0.248 e. The first kappa shape index (κ1) is 16.7. The summed E-state index contributed by atoms with van der Waals surface area (Å²) in [7, 11) is 0. The second-order valence-electron chi connectivity index (χ2n) is 6.11. The first-order chi connectivity index (χ1) is 11.6. The van der Waals surface area contributed by atoms with Crippen molar-refractivity contribution in [3.63, 3.8) is 0 Å². The number of ether oxygens (including phenoxy) is 1. The van der Waals surface area contributed by atoms with Crippen LogP contribution in [0.3, 0.4) is 0 Å². The van der Waals surface area contributed by atoms with Gasteiger partial charge in [-0.15, -0.1) is 0 Å². The third-order valence-corrected chi connectivity index (χ3v) is 4.15. The predicted molar refractivity (Wildman–Crippen MR) is 89.0 cm³/mol. The molecule has 0 aliphatic carbocycles. The fourth-order valence-electron chi connectivity index (χ4n) is 2.82. The molecule has 1 aromatic carbocycles. The number of carbonyl (C=O) groups excluding carboxylic acids is 1. The van der Waals surface area contributed by atoms with Gasteiger partial charge in [0.25, 0.3) is 0 Å². The number of amides is 1. The zero-order valence-electron chi connectivity index (χ0n) is 13.9. The molecule has 1 amide bonds. The third-order valence-electron chi connectivity index (χ3n) is 4.15. The first-order valence-corrected chi connectivity index (χ1v) is 8.27.